The minimum absolute atomic E-state index is 0.0427. The number of hydrogen-bond donors (Lipinski definition) is 4. The lowest BCUT2D eigenvalue weighted by Crippen LogP contribution is -2.63. The van der Waals surface area contributed by atoms with Crippen LogP contribution in [0, 0.1) is 35.5 Å². The minimum Gasteiger partial charge on any atom is -0.462 e. The van der Waals surface area contributed by atoms with E-state index in [4.69, 9.17) is 33.2 Å². The molecule has 0 aromatic heterocycles. The molecule has 352 valence electrons. The molecule has 0 amide bonds. The fourth-order valence-electron chi connectivity index (χ4n) is 10.0. The molecule has 15 heteroatoms. The Labute approximate surface area is 365 Å². The highest BCUT2D eigenvalue weighted by atomic mass is 16.7. The van der Waals surface area contributed by atoms with Crippen LogP contribution in [0.1, 0.15) is 87.5 Å². The first-order valence-corrected chi connectivity index (χ1v) is 22.6. The van der Waals surface area contributed by atoms with Crippen LogP contribution in [-0.2, 0) is 42.7 Å². The highest BCUT2D eigenvalue weighted by molar-refractivity contribution is 5.91. The Morgan fingerprint density at radius 1 is 0.820 bits per heavy atom. The number of likely N-dealkylation sites (N-methyl/N-ethyl adjacent to an activating group) is 1. The summed E-state index contributed by atoms with van der Waals surface area (Å²) in [4.78, 5) is 32.1. The molecule has 0 aromatic carbocycles. The zero-order chi connectivity index (χ0) is 45.3. The number of methoxy groups -OCH3 is 2. The first-order chi connectivity index (χ1) is 28.8. The molecule has 4 N–H and O–H groups in total. The van der Waals surface area contributed by atoms with Crippen molar-refractivity contribution in [2.24, 2.45) is 35.5 Å². The predicted molar refractivity (Wildman–Crippen MR) is 229 cm³/mol. The largest absolute Gasteiger partial charge is 0.462 e. The maximum absolute atomic E-state index is 14.0. The van der Waals surface area contributed by atoms with Gasteiger partial charge in [0.1, 0.15) is 30.5 Å². The smallest absolute Gasteiger partial charge is 0.308 e. The molecule has 4 aliphatic heterocycles. The molecule has 0 radical (unpaired) electrons. The molecule has 3 saturated heterocycles. The normalized spacial score (nSPS) is 44.3. The summed E-state index contributed by atoms with van der Waals surface area (Å²) in [6.07, 6.45) is -2.96. The predicted octanol–water partition coefficient (Wildman–Crippen LogP) is 3.34. The number of rotatable bonds is 12. The van der Waals surface area contributed by atoms with Crippen molar-refractivity contribution in [3.63, 3.8) is 0 Å². The Kier molecular flexibility index (Phi) is 20.3. The number of ketones is 1. The lowest BCUT2D eigenvalue weighted by atomic mass is 9.79. The molecule has 4 aliphatic rings. The van der Waals surface area contributed by atoms with E-state index in [9.17, 15) is 30.0 Å². The Morgan fingerprint density at radius 2 is 1.44 bits per heavy atom. The quantitative estimate of drug-likeness (QED) is 0.209. The summed E-state index contributed by atoms with van der Waals surface area (Å²) >= 11 is 0. The Balaban J connectivity index is 1.68. The van der Waals surface area contributed by atoms with Crippen LogP contribution in [0.15, 0.2) is 23.8 Å². The molecular weight excluding hydrogens is 789 g/mol. The van der Waals surface area contributed by atoms with Crippen molar-refractivity contribution < 1.29 is 63.2 Å². The molecule has 0 unspecified atom stereocenters. The van der Waals surface area contributed by atoms with Gasteiger partial charge in [0.05, 0.1) is 49.6 Å². The fraction of sp³-hybridized carbons (Fsp3) is 0.870. The third kappa shape index (κ3) is 13.8. The number of carbonyl (C=O) groups is 2. The second-order valence-corrected chi connectivity index (χ2v) is 18.9. The molecule has 0 aliphatic carbocycles. The van der Waals surface area contributed by atoms with E-state index in [-0.39, 0.29) is 24.7 Å². The van der Waals surface area contributed by atoms with Crippen LogP contribution in [0.25, 0.3) is 0 Å². The van der Waals surface area contributed by atoms with E-state index in [2.05, 4.69) is 18.7 Å². The molecule has 61 heavy (non-hydrogen) atoms. The first kappa shape index (κ1) is 51.8. The molecule has 3 fully saturated rings. The summed E-state index contributed by atoms with van der Waals surface area (Å²) in [5, 5.41) is 45.3. The highest BCUT2D eigenvalue weighted by Crippen LogP contribution is 2.36. The van der Waals surface area contributed by atoms with Gasteiger partial charge >= 0.3 is 5.97 Å². The van der Waals surface area contributed by atoms with Gasteiger partial charge in [-0.2, -0.15) is 0 Å². The van der Waals surface area contributed by atoms with Crippen LogP contribution in [0.5, 0.6) is 0 Å². The maximum atomic E-state index is 14.0. The number of aliphatic hydroxyl groups is 4. The Morgan fingerprint density at radius 3 is 2.05 bits per heavy atom. The van der Waals surface area contributed by atoms with E-state index in [1.807, 2.05) is 33.8 Å². The number of ether oxygens (including phenoxy) is 7. The molecule has 0 saturated carbocycles. The Bertz CT molecular complexity index is 1420. The molecule has 0 bridgehead atoms. The third-order valence-corrected chi connectivity index (χ3v) is 13.5. The molecule has 19 atom stereocenters. The summed E-state index contributed by atoms with van der Waals surface area (Å²) in [5.74, 6) is -1.46. The second kappa shape index (κ2) is 23.9. The number of hydrogen-bond acceptors (Lipinski definition) is 15. The SMILES string of the molecule is CC[C@@H]1OC(=O)C[C@H](O)[C@H](C)[C@H](O[C@@H]2O[C@H](C)[C@H](O)[C@H](N(C)C)[C@@H]2O)[C@H](CCN2C[C@H](C)C[C@H](C)C2)C[C@H](C)C(=O)/C=C/C(C)=C\[C@@H]1CO[C@@H]1O[C@H](C)[C@H](O)[C@@H](OC)[C@H]1OC. The second-order valence-electron chi connectivity index (χ2n) is 18.9. The van der Waals surface area contributed by atoms with Gasteiger partial charge in [0.2, 0.25) is 0 Å². The van der Waals surface area contributed by atoms with Crippen molar-refractivity contribution in [1.82, 2.24) is 9.80 Å². The van der Waals surface area contributed by atoms with Crippen LogP contribution in [0.2, 0.25) is 0 Å². The van der Waals surface area contributed by atoms with Crippen molar-refractivity contribution in [3.8, 4) is 0 Å². The van der Waals surface area contributed by atoms with Gasteiger partial charge in [-0.3, -0.25) is 9.59 Å². The molecule has 4 rings (SSSR count). The Hall–Kier alpha value is -1.86. The van der Waals surface area contributed by atoms with Crippen molar-refractivity contribution >= 4 is 11.8 Å². The summed E-state index contributed by atoms with van der Waals surface area (Å²) in [7, 11) is 6.54. The number of carbonyl (C=O) groups excluding carboxylic acids is 2. The number of piperidine rings is 1. The van der Waals surface area contributed by atoms with Gasteiger partial charge in [0.15, 0.2) is 18.4 Å². The van der Waals surface area contributed by atoms with Crippen molar-refractivity contribution in [2.45, 2.75) is 167 Å². The molecule has 0 spiro atoms. The average molecular weight is 869 g/mol. The summed E-state index contributed by atoms with van der Waals surface area (Å²) in [5.41, 5.74) is 0.761. The molecule has 4 heterocycles. The summed E-state index contributed by atoms with van der Waals surface area (Å²) in [6, 6.07) is -0.684. The van der Waals surface area contributed by atoms with E-state index in [0.29, 0.717) is 31.1 Å². The van der Waals surface area contributed by atoms with Gasteiger partial charge in [-0.05, 0) is 90.9 Å². The average Bonchev–Trinajstić information content (AvgIpc) is 3.19. The van der Waals surface area contributed by atoms with Crippen LogP contribution < -0.4 is 0 Å². The van der Waals surface area contributed by atoms with E-state index >= 15 is 0 Å². The zero-order valence-corrected chi connectivity index (χ0v) is 38.9. The summed E-state index contributed by atoms with van der Waals surface area (Å²) < 4.78 is 42.6. The van der Waals surface area contributed by atoms with E-state index < -0.39 is 103 Å². The summed E-state index contributed by atoms with van der Waals surface area (Å²) in [6.45, 7) is 18.2. The van der Waals surface area contributed by atoms with Crippen LogP contribution in [0.4, 0.5) is 0 Å². The van der Waals surface area contributed by atoms with Gasteiger partial charge in [-0.1, -0.05) is 52.3 Å². The highest BCUT2D eigenvalue weighted by Gasteiger charge is 2.48. The van der Waals surface area contributed by atoms with Gasteiger partial charge in [0.25, 0.3) is 0 Å². The number of nitrogens with zero attached hydrogens (tertiary/aromatic N) is 2. The first-order valence-electron chi connectivity index (χ1n) is 22.6. The monoisotopic (exact) mass is 869 g/mol. The minimum atomic E-state index is -1.23. The maximum Gasteiger partial charge on any atom is 0.308 e. The van der Waals surface area contributed by atoms with Crippen molar-refractivity contribution in [2.75, 3.05) is 54.6 Å². The molecule has 0 aromatic rings. The van der Waals surface area contributed by atoms with Gasteiger partial charge in [-0.25, -0.2) is 0 Å². The van der Waals surface area contributed by atoms with Gasteiger partial charge in [0, 0.05) is 45.1 Å². The lowest BCUT2D eigenvalue weighted by molar-refractivity contribution is -0.304. The van der Waals surface area contributed by atoms with E-state index in [1.165, 1.54) is 20.6 Å². The van der Waals surface area contributed by atoms with Crippen molar-refractivity contribution in [3.05, 3.63) is 23.8 Å². The van der Waals surface area contributed by atoms with Crippen LogP contribution >= 0.6 is 0 Å². The third-order valence-electron chi connectivity index (χ3n) is 13.5. The number of esters is 1. The van der Waals surface area contributed by atoms with Crippen LogP contribution in [0.3, 0.4) is 0 Å². The topological polar surface area (TPSA) is 186 Å². The molecule has 15 nitrogen and oxygen atoms in total. The fourth-order valence-corrected chi connectivity index (χ4v) is 10.0. The van der Waals surface area contributed by atoms with Gasteiger partial charge < -0.3 is 63.4 Å². The van der Waals surface area contributed by atoms with E-state index in [0.717, 1.165) is 25.2 Å². The van der Waals surface area contributed by atoms with Gasteiger partial charge in [-0.15, -0.1) is 0 Å². The number of cyclic esters (lactones) is 1. The molecular formula is C46H80N2O13. The number of likely N-dealkylation sites (tertiary alicyclic amines) is 1. The number of aliphatic hydroxyl groups excluding tert-OH is 4. The number of allylic oxidation sites excluding steroid dienone is 3. The van der Waals surface area contributed by atoms with Crippen LogP contribution in [-0.4, -0.2) is 176 Å². The zero-order valence-electron chi connectivity index (χ0n) is 38.9. The standard InChI is InChI=1S/C46H80N2O13/c1-13-36-33(24-57-46-44(56-12)43(55-11)40(53)31(8)59-46)19-25(2)14-15-34(49)28(5)20-32(16-17-48-22-26(3)18-27(4)23-48)42(29(6)35(50)21-37(51)60-36)61-45-41(54)38(47(9)10)39(52)30(7)58-45/h14-15,19,26-33,35-36,38-46,50,52-54H,13,16-18,20-24H2,1-12H3/b15-14+,25-19-/t26-,27+,28-,29-,30+,31+,32+,33+,35-,36-,38-,39-,40-,41-,42-,43+,44+,45-,46+/m0/s1. The van der Waals surface area contributed by atoms with E-state index in [1.54, 1.807) is 45.0 Å². The lowest BCUT2D eigenvalue weighted by Gasteiger charge is -2.47. The van der Waals surface area contributed by atoms with Crippen molar-refractivity contribution in [1.29, 1.82) is 0 Å².